The van der Waals surface area contributed by atoms with Crippen LogP contribution in [0.3, 0.4) is 0 Å². The zero-order chi connectivity index (χ0) is 39.9. The van der Waals surface area contributed by atoms with Crippen LogP contribution in [0.5, 0.6) is 0 Å². The molecular weight excluding hydrogens is 713 g/mol. The molecule has 0 bridgehead atoms. The van der Waals surface area contributed by atoms with E-state index in [0.29, 0.717) is 30.3 Å². The molecule has 2 fully saturated rings. The highest BCUT2D eigenvalue weighted by Crippen LogP contribution is 2.34. The molecule has 14 heteroatoms. The molecule has 4 aromatic rings. The first kappa shape index (κ1) is 39.9. The third-order valence-corrected chi connectivity index (χ3v) is 10.3. The van der Waals surface area contributed by atoms with Gasteiger partial charge in [-0.1, -0.05) is 62.1 Å². The van der Waals surface area contributed by atoms with Crippen molar-refractivity contribution in [2.75, 3.05) is 27.3 Å². The molecule has 56 heavy (non-hydrogen) atoms. The van der Waals surface area contributed by atoms with Crippen molar-refractivity contribution in [2.24, 2.45) is 5.92 Å². The number of nitrogens with one attached hydrogen (secondary N) is 4. The lowest BCUT2D eigenvalue weighted by Crippen LogP contribution is -2.51. The maximum absolute atomic E-state index is 13.5. The Bertz CT molecular complexity index is 2080. The number of methoxy groups -OCH3 is 2. The van der Waals surface area contributed by atoms with Crippen molar-refractivity contribution in [3.05, 3.63) is 95.9 Å². The van der Waals surface area contributed by atoms with E-state index in [4.69, 9.17) is 9.47 Å². The van der Waals surface area contributed by atoms with E-state index in [1.54, 1.807) is 29.1 Å². The van der Waals surface area contributed by atoms with Gasteiger partial charge in [-0.25, -0.2) is 14.8 Å². The number of aromatic amines is 2. The van der Waals surface area contributed by atoms with Crippen LogP contribution in [0.2, 0.25) is 0 Å². The monoisotopic (exact) mass is 762 g/mol. The summed E-state index contributed by atoms with van der Waals surface area (Å²) in [4.78, 5) is 58.6. The Hall–Kier alpha value is -5.75. The SMILES string of the molecule is C=C(C)C(NC(O)OC)C(=O)N1CCCC1c1ncc(-c2ccc(C#Cc3ccc(-c4cnc(C5CCCN5C(=O)C(NC(=O)OC)C(C)C)[nH]4)cc3)cc2)[nH]1. The topological polar surface area (TPSA) is 178 Å². The number of H-pyrrole nitrogens is 2. The fourth-order valence-corrected chi connectivity index (χ4v) is 7.22. The largest absolute Gasteiger partial charge is 0.453 e. The maximum atomic E-state index is 13.5. The normalized spacial score (nSPS) is 18.3. The van der Waals surface area contributed by atoms with Crippen LogP contribution in [0, 0.1) is 17.8 Å². The molecule has 0 saturated carbocycles. The Morgan fingerprint density at radius 1 is 0.839 bits per heavy atom. The van der Waals surface area contributed by atoms with E-state index in [1.165, 1.54) is 14.2 Å². The Labute approximate surface area is 327 Å². The molecule has 3 amide bonds. The van der Waals surface area contributed by atoms with Gasteiger partial charge in [-0.3, -0.25) is 14.9 Å². The van der Waals surface area contributed by atoms with Crippen molar-refractivity contribution < 1.29 is 29.0 Å². The molecule has 5 atom stereocenters. The van der Waals surface area contributed by atoms with E-state index in [-0.39, 0.29) is 29.8 Å². The average Bonchev–Trinajstić information content (AvgIpc) is 4.04. The lowest BCUT2D eigenvalue weighted by Gasteiger charge is -2.30. The summed E-state index contributed by atoms with van der Waals surface area (Å²) in [6.45, 7) is 10.6. The molecule has 4 heterocycles. The molecule has 14 nitrogen and oxygen atoms in total. The zero-order valence-electron chi connectivity index (χ0n) is 32.5. The lowest BCUT2D eigenvalue weighted by molar-refractivity contribution is -0.141. The van der Waals surface area contributed by atoms with Crippen LogP contribution in [0.4, 0.5) is 4.79 Å². The summed E-state index contributed by atoms with van der Waals surface area (Å²) in [6, 6.07) is 13.9. The van der Waals surface area contributed by atoms with Gasteiger partial charge >= 0.3 is 6.09 Å². The number of aromatic nitrogens is 4. The standard InChI is InChI=1S/C42H50N8O6/c1-25(2)35(47-41(53)55-5)39(51)49-21-7-9-33(49)37-43-23-31(45-37)29-17-13-27(14-18-29)11-12-28-15-19-30(20-16-28)32-24-44-38(46-32)34-10-8-22-50(34)40(52)36(26(3)4)48-42(54)56-6/h13-20,23-24,26,33-36,41,47,53H,1,7-10,21-22H2,2-6H3,(H,43,45)(H,44,46)(H,48,54). The predicted molar refractivity (Wildman–Crippen MR) is 210 cm³/mol. The third kappa shape index (κ3) is 9.03. The number of rotatable bonds is 12. The van der Waals surface area contributed by atoms with Gasteiger partial charge in [-0.15, -0.1) is 0 Å². The van der Waals surface area contributed by atoms with Gasteiger partial charge in [0, 0.05) is 31.3 Å². The van der Waals surface area contributed by atoms with Crippen molar-refractivity contribution >= 4 is 17.9 Å². The van der Waals surface area contributed by atoms with Gasteiger partial charge in [0.05, 0.1) is 43.0 Å². The van der Waals surface area contributed by atoms with Gasteiger partial charge in [0.25, 0.3) is 0 Å². The first-order chi connectivity index (χ1) is 27.0. The van der Waals surface area contributed by atoms with Gasteiger partial charge < -0.3 is 39.7 Å². The van der Waals surface area contributed by atoms with Gasteiger partial charge in [0.1, 0.15) is 23.7 Å². The summed E-state index contributed by atoms with van der Waals surface area (Å²) >= 11 is 0. The summed E-state index contributed by atoms with van der Waals surface area (Å²) in [5, 5.41) is 15.4. The zero-order valence-corrected chi connectivity index (χ0v) is 32.5. The number of alkyl carbamates (subject to hydrolysis) is 1. The predicted octanol–water partition coefficient (Wildman–Crippen LogP) is 5.03. The number of amides is 3. The summed E-state index contributed by atoms with van der Waals surface area (Å²) in [6.07, 6.45) is 4.88. The van der Waals surface area contributed by atoms with E-state index >= 15 is 0 Å². The Kier molecular flexibility index (Phi) is 12.7. The fourth-order valence-electron chi connectivity index (χ4n) is 7.22. The van der Waals surface area contributed by atoms with Gasteiger partial charge in [0.2, 0.25) is 18.2 Å². The van der Waals surface area contributed by atoms with Crippen LogP contribution in [0.15, 0.2) is 73.1 Å². The number of ether oxygens (including phenoxy) is 2. The molecule has 0 radical (unpaired) electrons. The van der Waals surface area contributed by atoms with Crippen LogP contribution < -0.4 is 10.6 Å². The van der Waals surface area contributed by atoms with Crippen molar-refractivity contribution in [1.29, 1.82) is 0 Å². The quantitative estimate of drug-likeness (QED) is 0.0753. The second-order valence-corrected chi connectivity index (χ2v) is 14.5. The summed E-state index contributed by atoms with van der Waals surface area (Å²) in [7, 11) is 2.64. The van der Waals surface area contributed by atoms with Gasteiger partial charge in [0.15, 0.2) is 0 Å². The van der Waals surface area contributed by atoms with Crippen LogP contribution in [0.25, 0.3) is 22.5 Å². The van der Waals surface area contributed by atoms with Crippen LogP contribution >= 0.6 is 0 Å². The van der Waals surface area contributed by atoms with Crippen molar-refractivity contribution in [1.82, 2.24) is 40.4 Å². The van der Waals surface area contributed by atoms with E-state index < -0.39 is 24.6 Å². The third-order valence-electron chi connectivity index (χ3n) is 10.3. The number of carbonyl (C=O) groups excluding carboxylic acids is 3. The molecule has 5 unspecified atom stereocenters. The second-order valence-electron chi connectivity index (χ2n) is 14.5. The summed E-state index contributed by atoms with van der Waals surface area (Å²) in [5.74, 6) is 7.47. The van der Waals surface area contributed by atoms with E-state index in [1.807, 2.05) is 62.4 Å². The Morgan fingerprint density at radius 3 is 1.75 bits per heavy atom. The number of hydrogen-bond acceptors (Lipinski definition) is 9. The van der Waals surface area contributed by atoms with Crippen LogP contribution in [-0.2, 0) is 19.1 Å². The van der Waals surface area contributed by atoms with Crippen LogP contribution in [0.1, 0.15) is 81.3 Å². The Balaban J connectivity index is 1.08. The first-order valence-corrected chi connectivity index (χ1v) is 18.9. The lowest BCUT2D eigenvalue weighted by atomic mass is 10.0. The van der Waals surface area contributed by atoms with Crippen molar-refractivity contribution in [2.45, 2.75) is 77.0 Å². The second kappa shape index (κ2) is 17.8. The fraction of sp³-hybridized carbons (Fsp3) is 0.405. The minimum Gasteiger partial charge on any atom is -0.453 e. The molecular formula is C42H50N8O6. The highest BCUT2D eigenvalue weighted by atomic mass is 16.6. The van der Waals surface area contributed by atoms with Crippen molar-refractivity contribution in [3.8, 4) is 34.4 Å². The molecule has 2 saturated heterocycles. The summed E-state index contributed by atoms with van der Waals surface area (Å²) < 4.78 is 9.64. The number of aliphatic hydroxyl groups excluding tert-OH is 1. The first-order valence-electron chi connectivity index (χ1n) is 18.9. The minimum absolute atomic E-state index is 0.107. The van der Waals surface area contributed by atoms with E-state index in [0.717, 1.165) is 59.3 Å². The molecule has 0 aliphatic carbocycles. The maximum Gasteiger partial charge on any atom is 0.407 e. The molecule has 294 valence electrons. The highest BCUT2D eigenvalue weighted by molar-refractivity contribution is 5.87. The van der Waals surface area contributed by atoms with E-state index in [9.17, 15) is 19.5 Å². The summed E-state index contributed by atoms with van der Waals surface area (Å²) in [5.41, 5.74) is 5.87. The number of nitrogens with zero attached hydrogens (tertiary/aromatic N) is 4. The number of likely N-dealkylation sites (tertiary alicyclic amines) is 2. The molecule has 2 aliphatic heterocycles. The number of imidazole rings is 2. The van der Waals surface area contributed by atoms with Crippen molar-refractivity contribution in [3.63, 3.8) is 0 Å². The minimum atomic E-state index is -1.29. The van der Waals surface area contributed by atoms with E-state index in [2.05, 4.69) is 49.0 Å². The number of carbonyl (C=O) groups is 3. The molecule has 2 aromatic carbocycles. The Morgan fingerprint density at radius 2 is 1.32 bits per heavy atom. The highest BCUT2D eigenvalue weighted by Gasteiger charge is 2.38. The molecule has 2 aliphatic rings. The molecule has 5 N–H and O–H groups in total. The van der Waals surface area contributed by atoms with Gasteiger partial charge in [-0.2, -0.15) is 0 Å². The molecule has 2 aromatic heterocycles. The molecule has 0 spiro atoms. The molecule has 6 rings (SSSR count). The number of hydrogen-bond donors (Lipinski definition) is 5. The number of benzene rings is 2. The smallest absolute Gasteiger partial charge is 0.407 e. The average molecular weight is 763 g/mol. The van der Waals surface area contributed by atoms with Crippen LogP contribution in [-0.4, -0.2) is 98.6 Å². The number of aliphatic hydroxyl groups is 1. The van der Waals surface area contributed by atoms with Gasteiger partial charge in [-0.05, 0) is 73.9 Å².